The van der Waals surface area contributed by atoms with Crippen LogP contribution in [0.25, 0.3) is 0 Å². The van der Waals surface area contributed by atoms with Crippen molar-refractivity contribution in [2.45, 2.75) is 75.3 Å². The Bertz CT molecular complexity index is 354. The van der Waals surface area contributed by atoms with Gasteiger partial charge in [-0.25, -0.2) is 0 Å². The molecule has 0 aromatic heterocycles. The number of rotatable bonds is 2. The first-order valence-electron chi connectivity index (χ1n) is 6.78. The second-order valence-corrected chi connectivity index (χ2v) is 5.50. The van der Waals surface area contributed by atoms with Gasteiger partial charge in [0.2, 0.25) is 0 Å². The molecule has 0 spiro atoms. The fraction of sp³-hybridized carbons (Fsp3) is 1.00. The summed E-state index contributed by atoms with van der Waals surface area (Å²) in [5.74, 6) is 0. The zero-order valence-corrected chi connectivity index (χ0v) is 11.7. The lowest BCUT2D eigenvalue weighted by molar-refractivity contribution is -0.356. The van der Waals surface area contributed by atoms with Gasteiger partial charge in [0.05, 0.1) is 12.2 Å². The number of aliphatic hydroxyl groups is 6. The second kappa shape index (κ2) is 6.41. The number of hydrogen-bond acceptors (Lipinski definition) is 9. The van der Waals surface area contributed by atoms with Gasteiger partial charge in [-0.3, -0.25) is 0 Å². The van der Waals surface area contributed by atoms with Gasteiger partial charge < -0.3 is 44.8 Å². The Hall–Kier alpha value is -0.360. The Labute approximate surface area is 121 Å². The average Bonchev–Trinajstić information content (AvgIpc) is 2.44. The van der Waals surface area contributed by atoms with Crippen molar-refractivity contribution in [3.8, 4) is 0 Å². The normalized spacial score (nSPS) is 55.4. The van der Waals surface area contributed by atoms with Crippen LogP contribution in [0.3, 0.4) is 0 Å². The van der Waals surface area contributed by atoms with Crippen LogP contribution in [0.2, 0.25) is 0 Å². The molecule has 9 nitrogen and oxygen atoms in total. The van der Waals surface area contributed by atoms with Gasteiger partial charge in [-0.1, -0.05) is 0 Å². The summed E-state index contributed by atoms with van der Waals surface area (Å²) in [5.41, 5.74) is 0. The van der Waals surface area contributed by atoms with Crippen LogP contribution >= 0.6 is 0 Å². The lowest BCUT2D eigenvalue weighted by Crippen LogP contribution is -2.62. The molecule has 10 atom stereocenters. The van der Waals surface area contributed by atoms with Crippen molar-refractivity contribution in [2.24, 2.45) is 0 Å². The first-order chi connectivity index (χ1) is 9.73. The second-order valence-electron chi connectivity index (χ2n) is 5.50. The minimum Gasteiger partial charge on any atom is -0.388 e. The molecule has 0 radical (unpaired) electrons. The summed E-state index contributed by atoms with van der Waals surface area (Å²) in [7, 11) is 0. The van der Waals surface area contributed by atoms with Gasteiger partial charge in [-0.2, -0.15) is 0 Å². The van der Waals surface area contributed by atoms with Crippen molar-refractivity contribution < 1.29 is 44.8 Å². The predicted molar refractivity (Wildman–Crippen MR) is 65.8 cm³/mol. The zero-order valence-electron chi connectivity index (χ0n) is 11.7. The average molecular weight is 310 g/mol. The molecule has 9 heteroatoms. The molecule has 2 aliphatic rings. The summed E-state index contributed by atoms with van der Waals surface area (Å²) in [5, 5.41) is 58.5. The highest BCUT2D eigenvalue weighted by Gasteiger charge is 2.48. The maximum Gasteiger partial charge on any atom is 0.187 e. The van der Waals surface area contributed by atoms with Crippen molar-refractivity contribution in [2.75, 3.05) is 0 Å². The van der Waals surface area contributed by atoms with E-state index in [-0.39, 0.29) is 0 Å². The van der Waals surface area contributed by atoms with E-state index in [4.69, 9.17) is 14.2 Å². The third kappa shape index (κ3) is 3.21. The quantitative estimate of drug-likeness (QED) is 0.308. The Balaban J connectivity index is 2.06. The smallest absolute Gasteiger partial charge is 0.187 e. The third-order valence-electron chi connectivity index (χ3n) is 3.90. The molecule has 2 saturated heterocycles. The molecular weight excluding hydrogens is 288 g/mol. The Kier molecular flexibility index (Phi) is 5.19. The molecule has 0 aromatic rings. The highest BCUT2D eigenvalue weighted by Crippen LogP contribution is 2.28. The fourth-order valence-corrected chi connectivity index (χ4v) is 2.45. The van der Waals surface area contributed by atoms with Crippen LogP contribution in [0.1, 0.15) is 13.8 Å². The number of aliphatic hydroxyl groups excluding tert-OH is 6. The molecule has 124 valence electrons. The Morgan fingerprint density at radius 3 is 1.81 bits per heavy atom. The Morgan fingerprint density at radius 2 is 1.19 bits per heavy atom. The van der Waals surface area contributed by atoms with Gasteiger partial charge in [0.25, 0.3) is 0 Å². The maximum atomic E-state index is 9.91. The first kappa shape index (κ1) is 17.0. The molecule has 0 aliphatic carbocycles. The van der Waals surface area contributed by atoms with Crippen LogP contribution in [0.15, 0.2) is 0 Å². The molecule has 0 saturated carbocycles. The molecule has 21 heavy (non-hydrogen) atoms. The third-order valence-corrected chi connectivity index (χ3v) is 3.90. The highest BCUT2D eigenvalue weighted by molar-refractivity contribution is 4.91. The van der Waals surface area contributed by atoms with E-state index in [0.29, 0.717) is 0 Å². The predicted octanol–water partition coefficient (Wildman–Crippen LogP) is -3.34. The highest BCUT2D eigenvalue weighted by atomic mass is 16.7. The van der Waals surface area contributed by atoms with E-state index in [1.165, 1.54) is 13.8 Å². The van der Waals surface area contributed by atoms with Crippen molar-refractivity contribution in [1.29, 1.82) is 0 Å². The van der Waals surface area contributed by atoms with E-state index in [0.717, 1.165) is 0 Å². The Morgan fingerprint density at radius 1 is 0.667 bits per heavy atom. The summed E-state index contributed by atoms with van der Waals surface area (Å²) < 4.78 is 15.5. The van der Waals surface area contributed by atoms with Gasteiger partial charge in [0.15, 0.2) is 12.6 Å². The summed E-state index contributed by atoms with van der Waals surface area (Å²) in [4.78, 5) is 0. The summed E-state index contributed by atoms with van der Waals surface area (Å²) >= 11 is 0. The van der Waals surface area contributed by atoms with E-state index >= 15 is 0 Å². The van der Waals surface area contributed by atoms with Gasteiger partial charge in [-0.15, -0.1) is 0 Å². The standard InChI is InChI=1S/C12H22O9/c1-3-6(14)8(16)10(11(18)19-3)21-12-9(17)7(15)5(13)4(2)20-12/h3-18H,1-2H3/t3-,4+,5-,6+,7-,8+,9+,10-,11-,12+/m1/s1. The van der Waals surface area contributed by atoms with E-state index in [1.807, 2.05) is 0 Å². The molecule has 2 fully saturated rings. The number of ether oxygens (including phenoxy) is 3. The SMILES string of the molecule is C[C@@H]1O[C@@H](O[C@@H]2[C@@H](O)[C@@H](O)[C@@H](C)O[C@H]2O)[C@@H](O)[C@H](O)[C@@H]1O. The van der Waals surface area contributed by atoms with Crippen LogP contribution in [0, 0.1) is 0 Å². The zero-order chi connectivity index (χ0) is 15.9. The number of hydrogen-bond donors (Lipinski definition) is 6. The van der Waals surface area contributed by atoms with E-state index < -0.39 is 61.4 Å². The van der Waals surface area contributed by atoms with Crippen molar-refractivity contribution >= 4 is 0 Å². The van der Waals surface area contributed by atoms with Gasteiger partial charge in [0, 0.05) is 0 Å². The minimum absolute atomic E-state index is 0.793. The summed E-state index contributed by atoms with van der Waals surface area (Å²) in [6.45, 7) is 2.94. The maximum absolute atomic E-state index is 9.91. The van der Waals surface area contributed by atoms with Crippen molar-refractivity contribution in [3.05, 3.63) is 0 Å². The molecule has 6 N–H and O–H groups in total. The van der Waals surface area contributed by atoms with Gasteiger partial charge in [0.1, 0.15) is 36.6 Å². The lowest BCUT2D eigenvalue weighted by atomic mass is 9.98. The molecule has 0 unspecified atom stereocenters. The van der Waals surface area contributed by atoms with E-state index in [1.54, 1.807) is 0 Å². The molecular formula is C12H22O9. The summed E-state index contributed by atoms with van der Waals surface area (Å²) in [6.07, 6.45) is -13.0. The van der Waals surface area contributed by atoms with Crippen molar-refractivity contribution in [3.63, 3.8) is 0 Å². The van der Waals surface area contributed by atoms with Gasteiger partial charge >= 0.3 is 0 Å². The van der Waals surface area contributed by atoms with Crippen LogP contribution in [0.5, 0.6) is 0 Å². The fourth-order valence-electron chi connectivity index (χ4n) is 2.45. The van der Waals surface area contributed by atoms with Crippen LogP contribution < -0.4 is 0 Å². The lowest BCUT2D eigenvalue weighted by Gasteiger charge is -2.44. The monoisotopic (exact) mass is 310 g/mol. The molecule has 2 heterocycles. The van der Waals surface area contributed by atoms with Crippen LogP contribution in [0.4, 0.5) is 0 Å². The molecule has 2 rings (SSSR count). The largest absolute Gasteiger partial charge is 0.388 e. The van der Waals surface area contributed by atoms with E-state index in [2.05, 4.69) is 0 Å². The van der Waals surface area contributed by atoms with E-state index in [9.17, 15) is 30.6 Å². The van der Waals surface area contributed by atoms with Crippen LogP contribution in [-0.2, 0) is 14.2 Å². The molecule has 0 amide bonds. The van der Waals surface area contributed by atoms with Gasteiger partial charge in [-0.05, 0) is 13.8 Å². The topological polar surface area (TPSA) is 149 Å². The molecule has 2 aliphatic heterocycles. The van der Waals surface area contributed by atoms with Crippen LogP contribution in [-0.4, -0.2) is 92.1 Å². The minimum atomic E-state index is -1.58. The van der Waals surface area contributed by atoms with Crippen molar-refractivity contribution in [1.82, 2.24) is 0 Å². The molecule has 0 bridgehead atoms. The molecule has 0 aromatic carbocycles. The summed E-state index contributed by atoms with van der Waals surface area (Å²) in [6, 6.07) is 0. The first-order valence-corrected chi connectivity index (χ1v) is 6.78.